The van der Waals surface area contributed by atoms with Crippen molar-refractivity contribution in [2.75, 3.05) is 18.5 Å². The van der Waals surface area contributed by atoms with Crippen LogP contribution in [0.5, 0.6) is 0 Å². The highest BCUT2D eigenvalue weighted by Gasteiger charge is 2.28. The lowest BCUT2D eigenvalue weighted by Crippen LogP contribution is -2.22. The van der Waals surface area contributed by atoms with E-state index in [9.17, 15) is 8.78 Å². The topological polar surface area (TPSA) is 47.0 Å². The Morgan fingerprint density at radius 3 is 2.86 bits per heavy atom. The van der Waals surface area contributed by atoms with E-state index < -0.39 is 11.6 Å². The van der Waals surface area contributed by atoms with Crippen LogP contribution in [-0.4, -0.2) is 23.1 Å². The molecule has 1 aromatic carbocycles. The molecule has 1 aromatic heterocycles. The van der Waals surface area contributed by atoms with Gasteiger partial charge in [0.2, 0.25) is 5.28 Å². The molecule has 0 saturated heterocycles. The molecule has 3 rings (SSSR count). The minimum Gasteiger partial charge on any atom is -0.376 e. The number of fused-ring (bicyclic) bond motifs is 1. The number of nitrogens with one attached hydrogen (secondary N) is 1. The molecule has 0 radical (unpaired) electrons. The first-order chi connectivity index (χ1) is 10.6. The Bertz CT molecular complexity index is 711. The number of rotatable bonds is 3. The maximum absolute atomic E-state index is 13.5. The van der Waals surface area contributed by atoms with Crippen LogP contribution in [-0.2, 0) is 11.3 Å². The van der Waals surface area contributed by atoms with Crippen molar-refractivity contribution in [1.29, 1.82) is 0 Å². The first-order valence-corrected chi connectivity index (χ1v) is 7.30. The lowest BCUT2D eigenvalue weighted by atomic mass is 9.91. The van der Waals surface area contributed by atoms with Crippen molar-refractivity contribution in [2.24, 2.45) is 0 Å². The standard InChI is InChI=1S/C15H14ClF2N3O/c1-2-19-14-10-7-22-6-9(13(10)20-15(16)21-14)8-3-4-11(17)12(18)5-8/h3-5,9H,2,6-7H2,1H3,(H,19,20,21). The van der Waals surface area contributed by atoms with E-state index in [1.54, 1.807) is 0 Å². The first-order valence-electron chi connectivity index (χ1n) is 6.93. The summed E-state index contributed by atoms with van der Waals surface area (Å²) in [5.74, 6) is -1.46. The van der Waals surface area contributed by atoms with Gasteiger partial charge in [0, 0.05) is 12.1 Å². The zero-order valence-corrected chi connectivity index (χ0v) is 12.6. The van der Waals surface area contributed by atoms with Crippen LogP contribution in [0, 0.1) is 11.6 Å². The van der Waals surface area contributed by atoms with E-state index in [1.165, 1.54) is 12.1 Å². The molecule has 2 aromatic rings. The second-order valence-corrected chi connectivity index (χ2v) is 5.31. The fraction of sp³-hybridized carbons (Fsp3) is 0.333. The second kappa shape index (κ2) is 6.14. The van der Waals surface area contributed by atoms with Crippen molar-refractivity contribution < 1.29 is 13.5 Å². The van der Waals surface area contributed by atoms with E-state index >= 15 is 0 Å². The van der Waals surface area contributed by atoms with Crippen molar-refractivity contribution in [1.82, 2.24) is 9.97 Å². The van der Waals surface area contributed by atoms with Gasteiger partial charge in [-0.15, -0.1) is 0 Å². The van der Waals surface area contributed by atoms with Gasteiger partial charge >= 0.3 is 0 Å². The Morgan fingerprint density at radius 1 is 1.32 bits per heavy atom. The number of hydrogen-bond acceptors (Lipinski definition) is 4. The number of nitrogens with zero attached hydrogens (tertiary/aromatic N) is 2. The molecule has 4 nitrogen and oxygen atoms in total. The predicted molar refractivity (Wildman–Crippen MR) is 79.1 cm³/mol. The second-order valence-electron chi connectivity index (χ2n) is 4.98. The monoisotopic (exact) mass is 325 g/mol. The average molecular weight is 326 g/mol. The van der Waals surface area contributed by atoms with Crippen molar-refractivity contribution >= 4 is 17.4 Å². The zero-order valence-electron chi connectivity index (χ0n) is 11.9. The number of ether oxygens (including phenoxy) is 1. The Balaban J connectivity index is 2.09. The highest BCUT2D eigenvalue weighted by molar-refractivity contribution is 6.28. The summed E-state index contributed by atoms with van der Waals surface area (Å²) < 4.78 is 32.2. The van der Waals surface area contributed by atoms with Crippen LogP contribution in [0.1, 0.15) is 29.7 Å². The molecule has 0 aliphatic carbocycles. The van der Waals surface area contributed by atoms with Gasteiger partial charge in [-0.3, -0.25) is 0 Å². The summed E-state index contributed by atoms with van der Waals surface area (Å²) in [5, 5.41) is 3.23. The summed E-state index contributed by atoms with van der Waals surface area (Å²) in [4.78, 5) is 8.45. The van der Waals surface area contributed by atoms with Crippen LogP contribution in [0.4, 0.5) is 14.6 Å². The minimum atomic E-state index is -0.892. The quantitative estimate of drug-likeness (QED) is 0.877. The molecular formula is C15H14ClF2N3O. The van der Waals surface area contributed by atoms with Gasteiger partial charge in [0.1, 0.15) is 5.82 Å². The highest BCUT2D eigenvalue weighted by atomic mass is 35.5. The predicted octanol–water partition coefficient (Wildman–Crippen LogP) is 3.50. The third kappa shape index (κ3) is 2.76. The molecule has 22 heavy (non-hydrogen) atoms. The Kier molecular flexibility index (Phi) is 4.22. The molecule has 1 atom stereocenters. The number of anilines is 1. The summed E-state index contributed by atoms with van der Waals surface area (Å²) >= 11 is 5.99. The van der Waals surface area contributed by atoms with E-state index in [4.69, 9.17) is 16.3 Å². The summed E-state index contributed by atoms with van der Waals surface area (Å²) in [6.07, 6.45) is 0. The third-order valence-electron chi connectivity index (χ3n) is 3.56. The fourth-order valence-corrected chi connectivity index (χ4v) is 2.73. The molecule has 116 valence electrons. The van der Waals surface area contributed by atoms with Gasteiger partial charge in [-0.25, -0.2) is 18.7 Å². The van der Waals surface area contributed by atoms with Gasteiger partial charge in [0.05, 0.1) is 24.8 Å². The van der Waals surface area contributed by atoms with Gasteiger partial charge in [-0.2, -0.15) is 0 Å². The number of hydrogen-bond donors (Lipinski definition) is 1. The van der Waals surface area contributed by atoms with Gasteiger partial charge in [0.25, 0.3) is 0 Å². The smallest absolute Gasteiger partial charge is 0.224 e. The van der Waals surface area contributed by atoms with Gasteiger partial charge in [-0.1, -0.05) is 6.07 Å². The fourth-order valence-electron chi connectivity index (χ4n) is 2.56. The molecule has 1 N–H and O–H groups in total. The lowest BCUT2D eigenvalue weighted by molar-refractivity contribution is 0.0977. The molecule has 1 aliphatic rings. The maximum atomic E-state index is 13.5. The normalized spacial score (nSPS) is 17.2. The van der Waals surface area contributed by atoms with Crippen molar-refractivity contribution in [3.63, 3.8) is 0 Å². The SMILES string of the molecule is CCNc1nc(Cl)nc2c1COCC2c1ccc(F)c(F)c1. The van der Waals surface area contributed by atoms with Gasteiger partial charge < -0.3 is 10.1 Å². The van der Waals surface area contributed by atoms with Crippen LogP contribution in [0.2, 0.25) is 5.28 Å². The number of aromatic nitrogens is 2. The van der Waals surface area contributed by atoms with Crippen molar-refractivity contribution in [3.8, 4) is 0 Å². The van der Waals surface area contributed by atoms with E-state index in [0.717, 1.165) is 11.6 Å². The van der Waals surface area contributed by atoms with Crippen LogP contribution in [0.25, 0.3) is 0 Å². The molecule has 0 amide bonds. The zero-order chi connectivity index (χ0) is 15.7. The molecule has 2 heterocycles. The van der Waals surface area contributed by atoms with Crippen LogP contribution in [0.15, 0.2) is 18.2 Å². The maximum Gasteiger partial charge on any atom is 0.224 e. The average Bonchev–Trinajstić information content (AvgIpc) is 2.50. The largest absolute Gasteiger partial charge is 0.376 e. The Morgan fingerprint density at radius 2 is 2.14 bits per heavy atom. The van der Waals surface area contributed by atoms with Crippen LogP contribution >= 0.6 is 11.6 Å². The summed E-state index contributed by atoms with van der Waals surface area (Å²) in [6, 6.07) is 3.80. The lowest BCUT2D eigenvalue weighted by Gasteiger charge is -2.26. The van der Waals surface area contributed by atoms with E-state index in [2.05, 4.69) is 15.3 Å². The molecule has 0 bridgehead atoms. The molecule has 7 heteroatoms. The summed E-state index contributed by atoms with van der Waals surface area (Å²) in [6.45, 7) is 3.31. The van der Waals surface area contributed by atoms with Gasteiger partial charge in [-0.05, 0) is 36.2 Å². The van der Waals surface area contributed by atoms with Crippen LogP contribution in [0.3, 0.4) is 0 Å². The summed E-state index contributed by atoms with van der Waals surface area (Å²) in [5.41, 5.74) is 2.08. The molecule has 0 saturated carbocycles. The molecule has 1 aliphatic heterocycles. The van der Waals surface area contributed by atoms with Crippen molar-refractivity contribution in [3.05, 3.63) is 51.9 Å². The number of halogens is 3. The Hall–Kier alpha value is -1.79. The van der Waals surface area contributed by atoms with E-state index in [0.29, 0.717) is 36.8 Å². The van der Waals surface area contributed by atoms with E-state index in [-0.39, 0.29) is 11.2 Å². The Labute approximate surface area is 131 Å². The third-order valence-corrected chi connectivity index (χ3v) is 3.73. The molecule has 0 spiro atoms. The number of benzene rings is 1. The highest BCUT2D eigenvalue weighted by Crippen LogP contribution is 2.35. The van der Waals surface area contributed by atoms with E-state index in [1.807, 2.05) is 6.92 Å². The minimum absolute atomic E-state index is 0.115. The first kappa shape index (κ1) is 15.1. The molecule has 0 fully saturated rings. The molecular weight excluding hydrogens is 312 g/mol. The van der Waals surface area contributed by atoms with Crippen molar-refractivity contribution in [2.45, 2.75) is 19.4 Å². The summed E-state index contributed by atoms with van der Waals surface area (Å²) in [7, 11) is 0. The molecule has 1 unspecified atom stereocenters. The van der Waals surface area contributed by atoms with Crippen LogP contribution < -0.4 is 5.32 Å². The van der Waals surface area contributed by atoms with Gasteiger partial charge in [0.15, 0.2) is 11.6 Å².